The number of H-pyrrole nitrogens is 1. The van der Waals surface area contributed by atoms with Crippen molar-refractivity contribution in [2.45, 2.75) is 39.2 Å². The Balaban J connectivity index is 2.04. The van der Waals surface area contributed by atoms with Gasteiger partial charge in [0.25, 0.3) is 0 Å². The van der Waals surface area contributed by atoms with Crippen LogP contribution in [0, 0.1) is 10.6 Å². The zero-order chi connectivity index (χ0) is 13.0. The summed E-state index contributed by atoms with van der Waals surface area (Å²) in [6.45, 7) is 6.19. The quantitative estimate of drug-likeness (QED) is 0.802. The van der Waals surface area contributed by atoms with E-state index in [1.807, 2.05) is 6.07 Å². The minimum absolute atomic E-state index is 0.0820. The highest BCUT2D eigenvalue weighted by Gasteiger charge is 2.20. The van der Waals surface area contributed by atoms with Gasteiger partial charge in [-0.05, 0) is 25.2 Å². The van der Waals surface area contributed by atoms with Crippen LogP contribution in [0.25, 0.3) is 0 Å². The molecule has 5 heteroatoms. The van der Waals surface area contributed by atoms with Gasteiger partial charge in [0.1, 0.15) is 22.4 Å². The molecule has 2 rings (SSSR count). The van der Waals surface area contributed by atoms with Crippen LogP contribution in [0.15, 0.2) is 6.07 Å². The first-order chi connectivity index (χ1) is 8.65. The number of aromatic amines is 1. The van der Waals surface area contributed by atoms with E-state index in [2.05, 4.69) is 29.1 Å². The van der Waals surface area contributed by atoms with Crippen molar-refractivity contribution in [2.75, 3.05) is 18.5 Å². The molecule has 100 valence electrons. The molecule has 0 spiro atoms. The summed E-state index contributed by atoms with van der Waals surface area (Å²) in [6, 6.07) is 1.87. The van der Waals surface area contributed by atoms with Crippen molar-refractivity contribution in [3.05, 3.63) is 16.5 Å². The summed E-state index contributed by atoms with van der Waals surface area (Å²) in [5.41, 5.74) is 0. The van der Waals surface area contributed by atoms with Crippen molar-refractivity contribution in [2.24, 2.45) is 5.92 Å². The third kappa shape index (κ3) is 3.78. The molecule has 1 aromatic rings. The van der Waals surface area contributed by atoms with Crippen molar-refractivity contribution in [1.82, 2.24) is 9.97 Å². The molecule has 1 fully saturated rings. The Morgan fingerprint density at radius 2 is 2.44 bits per heavy atom. The summed E-state index contributed by atoms with van der Waals surface area (Å²) in [7, 11) is 0. The van der Waals surface area contributed by atoms with Crippen LogP contribution in [0.1, 0.15) is 45.0 Å². The fraction of sp³-hybridized carbons (Fsp3) is 0.692. The van der Waals surface area contributed by atoms with Gasteiger partial charge in [0.2, 0.25) is 0 Å². The van der Waals surface area contributed by atoms with Crippen LogP contribution < -0.4 is 5.32 Å². The monoisotopic (exact) mass is 267 g/mol. The second-order valence-corrected chi connectivity index (χ2v) is 5.55. The van der Waals surface area contributed by atoms with E-state index in [0.717, 1.165) is 44.1 Å². The first-order valence-corrected chi connectivity index (χ1v) is 7.02. The average molecular weight is 267 g/mol. The zero-order valence-corrected chi connectivity index (χ0v) is 11.8. The van der Waals surface area contributed by atoms with Crippen LogP contribution in [-0.4, -0.2) is 23.1 Å². The number of rotatable bonds is 5. The Labute approximate surface area is 113 Å². The molecule has 0 aliphatic carbocycles. The standard InChI is InChI=1S/C13H21N3OS/c1-9(2)5-6-14-11-8-12(18)16-13(15-11)10-4-3-7-17-10/h8-10H,3-7H2,1-2H3,(H2,14,15,16,18). The molecule has 1 aliphatic rings. The van der Waals surface area contributed by atoms with E-state index < -0.39 is 0 Å². The maximum Gasteiger partial charge on any atom is 0.138 e. The Kier molecular flexibility index (Phi) is 4.72. The smallest absolute Gasteiger partial charge is 0.138 e. The molecule has 4 nitrogen and oxygen atoms in total. The Bertz CT molecular complexity index is 438. The van der Waals surface area contributed by atoms with Gasteiger partial charge in [-0.3, -0.25) is 0 Å². The van der Waals surface area contributed by atoms with Crippen LogP contribution in [0.2, 0.25) is 0 Å². The number of anilines is 1. The second-order valence-electron chi connectivity index (χ2n) is 5.13. The highest BCUT2D eigenvalue weighted by Crippen LogP contribution is 2.26. The van der Waals surface area contributed by atoms with E-state index in [9.17, 15) is 0 Å². The van der Waals surface area contributed by atoms with Gasteiger partial charge in [-0.15, -0.1) is 0 Å². The summed E-state index contributed by atoms with van der Waals surface area (Å²) >= 11 is 5.20. The molecule has 2 N–H and O–H groups in total. The summed E-state index contributed by atoms with van der Waals surface area (Å²) in [6.07, 6.45) is 3.34. The Morgan fingerprint density at radius 3 is 3.11 bits per heavy atom. The first kappa shape index (κ1) is 13.5. The molecule has 1 saturated heterocycles. The van der Waals surface area contributed by atoms with Gasteiger partial charge in [-0.25, -0.2) is 4.98 Å². The number of ether oxygens (including phenoxy) is 1. The third-order valence-electron chi connectivity index (χ3n) is 3.03. The molecule has 0 saturated carbocycles. The summed E-state index contributed by atoms with van der Waals surface area (Å²) in [5, 5.41) is 3.36. The van der Waals surface area contributed by atoms with Gasteiger partial charge >= 0.3 is 0 Å². The van der Waals surface area contributed by atoms with Crippen molar-refractivity contribution in [3.8, 4) is 0 Å². The predicted octanol–water partition coefficient (Wildman–Crippen LogP) is 3.45. The third-order valence-corrected chi connectivity index (χ3v) is 3.24. The SMILES string of the molecule is CC(C)CCNc1cc(=S)nc(C2CCCO2)[nH]1. The highest BCUT2D eigenvalue weighted by atomic mass is 32.1. The molecule has 2 heterocycles. The normalized spacial score (nSPS) is 19.4. The van der Waals surface area contributed by atoms with Crippen molar-refractivity contribution >= 4 is 18.0 Å². The first-order valence-electron chi connectivity index (χ1n) is 6.62. The van der Waals surface area contributed by atoms with E-state index in [4.69, 9.17) is 17.0 Å². The van der Waals surface area contributed by atoms with Gasteiger partial charge in [-0.2, -0.15) is 0 Å². The van der Waals surface area contributed by atoms with E-state index in [1.54, 1.807) is 0 Å². The number of hydrogen-bond acceptors (Lipinski definition) is 4. The van der Waals surface area contributed by atoms with Gasteiger partial charge < -0.3 is 15.0 Å². The molecule has 1 aliphatic heterocycles. The molecule has 0 aromatic carbocycles. The lowest BCUT2D eigenvalue weighted by Gasteiger charge is -2.13. The minimum atomic E-state index is 0.0820. The Morgan fingerprint density at radius 1 is 1.61 bits per heavy atom. The van der Waals surface area contributed by atoms with Gasteiger partial charge in [0.15, 0.2) is 0 Å². The summed E-state index contributed by atoms with van der Waals surface area (Å²) in [4.78, 5) is 7.64. The van der Waals surface area contributed by atoms with Gasteiger partial charge in [-0.1, -0.05) is 26.1 Å². The summed E-state index contributed by atoms with van der Waals surface area (Å²) < 4.78 is 6.24. The second kappa shape index (κ2) is 6.29. The molecular formula is C13H21N3OS. The fourth-order valence-corrected chi connectivity index (χ4v) is 2.23. The molecule has 1 aromatic heterocycles. The molecular weight excluding hydrogens is 246 g/mol. The Hall–Kier alpha value is -0.940. The molecule has 1 unspecified atom stereocenters. The van der Waals surface area contributed by atoms with Gasteiger partial charge in [0, 0.05) is 19.2 Å². The van der Waals surface area contributed by atoms with E-state index >= 15 is 0 Å². The van der Waals surface area contributed by atoms with Crippen molar-refractivity contribution in [3.63, 3.8) is 0 Å². The topological polar surface area (TPSA) is 49.9 Å². The van der Waals surface area contributed by atoms with Crippen LogP contribution >= 0.6 is 12.2 Å². The van der Waals surface area contributed by atoms with Crippen LogP contribution in [0.4, 0.5) is 5.82 Å². The summed E-state index contributed by atoms with van der Waals surface area (Å²) in [5.74, 6) is 2.49. The lowest BCUT2D eigenvalue weighted by Crippen LogP contribution is -2.10. The number of nitrogens with zero attached hydrogens (tertiary/aromatic N) is 1. The predicted molar refractivity (Wildman–Crippen MR) is 75.3 cm³/mol. The minimum Gasteiger partial charge on any atom is -0.372 e. The molecule has 18 heavy (non-hydrogen) atoms. The molecule has 0 radical (unpaired) electrons. The molecule has 0 amide bonds. The molecule has 1 atom stereocenters. The van der Waals surface area contributed by atoms with Gasteiger partial charge in [0.05, 0.1) is 0 Å². The van der Waals surface area contributed by atoms with Crippen LogP contribution in [0.5, 0.6) is 0 Å². The average Bonchev–Trinajstić information content (AvgIpc) is 2.81. The van der Waals surface area contributed by atoms with E-state index in [1.165, 1.54) is 0 Å². The van der Waals surface area contributed by atoms with Crippen LogP contribution in [0.3, 0.4) is 0 Å². The number of hydrogen-bond donors (Lipinski definition) is 2. The lowest BCUT2D eigenvalue weighted by atomic mass is 10.1. The number of aromatic nitrogens is 2. The van der Waals surface area contributed by atoms with E-state index in [-0.39, 0.29) is 6.10 Å². The number of nitrogens with one attached hydrogen (secondary N) is 2. The maximum absolute atomic E-state index is 5.62. The van der Waals surface area contributed by atoms with Crippen molar-refractivity contribution in [1.29, 1.82) is 0 Å². The maximum atomic E-state index is 5.62. The largest absolute Gasteiger partial charge is 0.372 e. The van der Waals surface area contributed by atoms with E-state index in [0.29, 0.717) is 10.6 Å². The zero-order valence-electron chi connectivity index (χ0n) is 11.0. The van der Waals surface area contributed by atoms with Crippen LogP contribution in [-0.2, 0) is 4.74 Å². The molecule has 0 bridgehead atoms. The highest BCUT2D eigenvalue weighted by molar-refractivity contribution is 7.71. The lowest BCUT2D eigenvalue weighted by molar-refractivity contribution is 0.105. The van der Waals surface area contributed by atoms with Crippen molar-refractivity contribution < 1.29 is 4.74 Å². The fourth-order valence-electron chi connectivity index (χ4n) is 2.01.